The van der Waals surface area contributed by atoms with Crippen molar-refractivity contribution in [2.45, 2.75) is 38.5 Å². The first-order chi connectivity index (χ1) is 5.27. The molecule has 0 aromatic rings. The van der Waals surface area contributed by atoms with Crippen molar-refractivity contribution in [2.24, 2.45) is 0 Å². The molecule has 70 valence electrons. The third-order valence-electron chi connectivity index (χ3n) is 1.87. The number of thiol groups is 1. The van der Waals surface area contributed by atoms with E-state index in [1.165, 1.54) is 0 Å². The van der Waals surface area contributed by atoms with Crippen LogP contribution in [-0.2, 0) is 4.79 Å². The van der Waals surface area contributed by atoms with Gasteiger partial charge in [0.15, 0.2) is 0 Å². The Labute approximate surface area is 79.8 Å². The second-order valence-corrected chi connectivity index (χ2v) is 4.41. The second-order valence-electron chi connectivity index (χ2n) is 3.63. The van der Waals surface area contributed by atoms with Crippen LogP contribution in [0.3, 0.4) is 0 Å². The van der Waals surface area contributed by atoms with Gasteiger partial charge < -0.3 is 5.32 Å². The summed E-state index contributed by atoms with van der Waals surface area (Å²) < 4.78 is 0. The standard InChI is InChI=1S/C9H17NOS/c1-6(2)8(11)10-9(4,5)7(3)12/h7,12H,1H2,2-5H3,(H,10,11). The summed E-state index contributed by atoms with van der Waals surface area (Å²) in [6.45, 7) is 11.1. The Morgan fingerprint density at radius 3 is 2.25 bits per heavy atom. The van der Waals surface area contributed by atoms with E-state index in [0.29, 0.717) is 5.57 Å². The molecule has 1 N–H and O–H groups in total. The summed E-state index contributed by atoms with van der Waals surface area (Å²) in [5, 5.41) is 2.95. The molecule has 1 atom stereocenters. The van der Waals surface area contributed by atoms with E-state index >= 15 is 0 Å². The Morgan fingerprint density at radius 2 is 2.00 bits per heavy atom. The molecule has 0 aromatic carbocycles. The summed E-state index contributed by atoms with van der Waals surface area (Å²) >= 11 is 4.28. The average molecular weight is 187 g/mol. The van der Waals surface area contributed by atoms with E-state index in [0.717, 1.165) is 0 Å². The molecule has 1 amide bonds. The smallest absolute Gasteiger partial charge is 0.246 e. The van der Waals surface area contributed by atoms with Gasteiger partial charge in [-0.05, 0) is 20.8 Å². The molecule has 0 aliphatic carbocycles. The van der Waals surface area contributed by atoms with Crippen LogP contribution >= 0.6 is 12.6 Å². The van der Waals surface area contributed by atoms with E-state index in [4.69, 9.17) is 0 Å². The Morgan fingerprint density at radius 1 is 1.58 bits per heavy atom. The summed E-state index contributed by atoms with van der Waals surface area (Å²) in [6.07, 6.45) is 0. The largest absolute Gasteiger partial charge is 0.346 e. The lowest BCUT2D eigenvalue weighted by Crippen LogP contribution is -2.49. The highest BCUT2D eigenvalue weighted by atomic mass is 32.1. The molecule has 1 unspecified atom stereocenters. The maximum absolute atomic E-state index is 11.2. The predicted molar refractivity (Wildman–Crippen MR) is 55.5 cm³/mol. The highest BCUT2D eigenvalue weighted by Gasteiger charge is 2.24. The molecule has 3 heteroatoms. The van der Waals surface area contributed by atoms with Crippen LogP contribution in [0.15, 0.2) is 12.2 Å². The maximum atomic E-state index is 11.2. The van der Waals surface area contributed by atoms with Gasteiger partial charge in [0.05, 0.1) is 0 Å². The molecule has 0 spiro atoms. The molecule has 0 bridgehead atoms. The van der Waals surface area contributed by atoms with Crippen molar-refractivity contribution in [3.05, 3.63) is 12.2 Å². The average Bonchev–Trinajstić information content (AvgIpc) is 1.85. The molecule has 12 heavy (non-hydrogen) atoms. The van der Waals surface area contributed by atoms with Gasteiger partial charge in [0.25, 0.3) is 0 Å². The van der Waals surface area contributed by atoms with Crippen molar-refractivity contribution in [3.63, 3.8) is 0 Å². The lowest BCUT2D eigenvalue weighted by Gasteiger charge is -2.29. The normalized spacial score (nSPS) is 13.8. The zero-order valence-electron chi connectivity index (χ0n) is 8.14. The molecule has 0 aliphatic heterocycles. The van der Waals surface area contributed by atoms with Gasteiger partial charge in [-0.1, -0.05) is 13.5 Å². The molecule has 2 nitrogen and oxygen atoms in total. The van der Waals surface area contributed by atoms with Crippen LogP contribution in [0.4, 0.5) is 0 Å². The third kappa shape index (κ3) is 3.30. The molecular weight excluding hydrogens is 170 g/mol. The van der Waals surface area contributed by atoms with Crippen LogP contribution in [0.5, 0.6) is 0 Å². The summed E-state index contributed by atoms with van der Waals surface area (Å²) in [4.78, 5) is 11.2. The van der Waals surface area contributed by atoms with Gasteiger partial charge in [-0.15, -0.1) is 0 Å². The molecular formula is C9H17NOS. The van der Waals surface area contributed by atoms with E-state index in [-0.39, 0.29) is 16.7 Å². The van der Waals surface area contributed by atoms with Gasteiger partial charge in [0.1, 0.15) is 0 Å². The molecule has 0 rings (SSSR count). The van der Waals surface area contributed by atoms with Crippen LogP contribution in [0.25, 0.3) is 0 Å². The minimum absolute atomic E-state index is 0.110. The topological polar surface area (TPSA) is 29.1 Å². The van der Waals surface area contributed by atoms with Crippen LogP contribution in [-0.4, -0.2) is 16.7 Å². The third-order valence-corrected chi connectivity index (χ3v) is 2.51. The number of nitrogens with one attached hydrogen (secondary N) is 1. The summed E-state index contributed by atoms with van der Waals surface area (Å²) in [7, 11) is 0. The van der Waals surface area contributed by atoms with E-state index in [9.17, 15) is 4.79 Å². The van der Waals surface area contributed by atoms with E-state index in [2.05, 4.69) is 24.5 Å². The molecule has 0 radical (unpaired) electrons. The molecule has 0 aromatic heterocycles. The van der Waals surface area contributed by atoms with Gasteiger partial charge >= 0.3 is 0 Å². The van der Waals surface area contributed by atoms with Gasteiger partial charge in [0.2, 0.25) is 5.91 Å². The maximum Gasteiger partial charge on any atom is 0.246 e. The molecule has 0 aliphatic rings. The Kier molecular flexibility index (Phi) is 3.84. The van der Waals surface area contributed by atoms with Crippen molar-refractivity contribution < 1.29 is 4.79 Å². The fourth-order valence-electron chi connectivity index (χ4n) is 0.504. The minimum atomic E-state index is -0.293. The summed E-state index contributed by atoms with van der Waals surface area (Å²) in [5.41, 5.74) is 0.233. The first-order valence-electron chi connectivity index (χ1n) is 3.93. The number of hydrogen-bond donors (Lipinski definition) is 2. The SMILES string of the molecule is C=C(C)C(=O)NC(C)(C)C(C)S. The fraction of sp³-hybridized carbons (Fsp3) is 0.667. The lowest BCUT2D eigenvalue weighted by atomic mass is 10.0. The monoisotopic (exact) mass is 187 g/mol. The fourth-order valence-corrected chi connectivity index (χ4v) is 0.568. The number of amides is 1. The first-order valence-corrected chi connectivity index (χ1v) is 4.45. The highest BCUT2D eigenvalue weighted by Crippen LogP contribution is 2.14. The predicted octanol–water partition coefficient (Wildman–Crippen LogP) is 1.78. The van der Waals surface area contributed by atoms with Gasteiger partial charge in [-0.3, -0.25) is 4.79 Å². The Hall–Kier alpha value is -0.440. The quantitative estimate of drug-likeness (QED) is 0.512. The summed E-state index contributed by atoms with van der Waals surface area (Å²) in [5.74, 6) is -0.110. The van der Waals surface area contributed by atoms with Crippen molar-refractivity contribution in [1.82, 2.24) is 5.32 Å². The first kappa shape index (κ1) is 11.6. The van der Waals surface area contributed by atoms with E-state index < -0.39 is 0 Å². The number of carbonyl (C=O) groups excluding carboxylic acids is 1. The molecule has 0 fully saturated rings. The Bertz CT molecular complexity index is 197. The van der Waals surface area contributed by atoms with Crippen LogP contribution < -0.4 is 5.32 Å². The Balaban J connectivity index is 4.25. The molecule has 0 saturated carbocycles. The van der Waals surface area contributed by atoms with E-state index in [1.54, 1.807) is 6.92 Å². The lowest BCUT2D eigenvalue weighted by molar-refractivity contribution is -0.118. The van der Waals surface area contributed by atoms with Gasteiger partial charge in [-0.2, -0.15) is 12.6 Å². The van der Waals surface area contributed by atoms with Crippen molar-refractivity contribution >= 4 is 18.5 Å². The van der Waals surface area contributed by atoms with Crippen molar-refractivity contribution in [1.29, 1.82) is 0 Å². The highest BCUT2D eigenvalue weighted by molar-refractivity contribution is 7.81. The van der Waals surface area contributed by atoms with Crippen molar-refractivity contribution in [3.8, 4) is 0 Å². The number of rotatable bonds is 3. The van der Waals surface area contributed by atoms with Crippen molar-refractivity contribution in [2.75, 3.05) is 0 Å². The zero-order chi connectivity index (χ0) is 9.94. The van der Waals surface area contributed by atoms with Gasteiger partial charge in [-0.25, -0.2) is 0 Å². The second kappa shape index (κ2) is 3.99. The van der Waals surface area contributed by atoms with Crippen LogP contribution in [0.1, 0.15) is 27.7 Å². The summed E-state index contributed by atoms with van der Waals surface area (Å²) in [6, 6.07) is 0. The van der Waals surface area contributed by atoms with Crippen LogP contribution in [0, 0.1) is 0 Å². The van der Waals surface area contributed by atoms with E-state index in [1.807, 2.05) is 20.8 Å². The molecule has 0 saturated heterocycles. The minimum Gasteiger partial charge on any atom is -0.346 e. The number of hydrogen-bond acceptors (Lipinski definition) is 2. The van der Waals surface area contributed by atoms with Crippen LogP contribution in [0.2, 0.25) is 0 Å². The molecule has 0 heterocycles. The zero-order valence-corrected chi connectivity index (χ0v) is 9.03. The number of carbonyl (C=O) groups is 1. The van der Waals surface area contributed by atoms with Gasteiger partial charge in [0, 0.05) is 16.4 Å².